The molecule has 0 fully saturated rings. The minimum atomic E-state index is -4.16. The molecule has 0 aromatic heterocycles. The fourth-order valence-electron chi connectivity index (χ4n) is 4.75. The first-order valence-corrected chi connectivity index (χ1v) is 16.7. The first kappa shape index (κ1) is 36.5. The van der Waals surface area contributed by atoms with Gasteiger partial charge in [-0.15, -0.1) is 0 Å². The third-order valence-corrected chi connectivity index (χ3v) is 8.84. The zero-order valence-electron chi connectivity index (χ0n) is 27.6. The molecule has 46 heavy (non-hydrogen) atoms. The molecule has 0 aliphatic carbocycles. The summed E-state index contributed by atoms with van der Waals surface area (Å²) < 4.78 is 45.8. The van der Waals surface area contributed by atoms with E-state index in [9.17, 15) is 23.1 Å². The number of nitrogens with zero attached hydrogens (tertiary/aromatic N) is 1. The fourth-order valence-corrected chi connectivity index (χ4v) is 6.61. The summed E-state index contributed by atoms with van der Waals surface area (Å²) in [6.45, 7) is 11.9. The zero-order chi connectivity index (χ0) is 34.1. The highest BCUT2D eigenvalue weighted by Crippen LogP contribution is 2.29. The van der Waals surface area contributed by atoms with Gasteiger partial charge in [0, 0.05) is 25.6 Å². The molecule has 0 heterocycles. The fraction of sp³-hybridized carbons (Fsp3) is 0.429. The lowest BCUT2D eigenvalue weighted by Crippen LogP contribution is -2.52. The number of carbonyl (C=O) groups excluding carboxylic acids is 2. The summed E-state index contributed by atoms with van der Waals surface area (Å²) in [5.74, 6) is 0.142. The maximum atomic E-state index is 14.0. The van der Waals surface area contributed by atoms with Crippen LogP contribution in [-0.4, -0.2) is 60.7 Å². The van der Waals surface area contributed by atoms with Gasteiger partial charge in [0.25, 0.3) is 0 Å². The molecule has 0 saturated heterocycles. The highest BCUT2D eigenvalue weighted by molar-refractivity contribution is 7.89. The van der Waals surface area contributed by atoms with Gasteiger partial charge in [-0.25, -0.2) is 13.2 Å². The molecule has 10 nitrogen and oxygen atoms in total. The van der Waals surface area contributed by atoms with Crippen LogP contribution in [0.25, 0.3) is 0 Å². The molecule has 3 aromatic rings. The lowest BCUT2D eigenvalue weighted by molar-refractivity contribution is -0.131. The van der Waals surface area contributed by atoms with Gasteiger partial charge in [-0.2, -0.15) is 4.31 Å². The smallest absolute Gasteiger partial charge is 0.407 e. The van der Waals surface area contributed by atoms with Crippen molar-refractivity contribution >= 4 is 22.1 Å². The monoisotopic (exact) mass is 654 g/mol. The van der Waals surface area contributed by atoms with E-state index in [1.54, 1.807) is 27.7 Å². The number of aliphatic hydroxyl groups excluding tert-OH is 1. The van der Waals surface area contributed by atoms with Gasteiger partial charge in [0.05, 0.1) is 17.0 Å². The number of carbonyl (C=O) groups is 2. The molecule has 0 saturated carbocycles. The van der Waals surface area contributed by atoms with E-state index in [0.29, 0.717) is 12.4 Å². The van der Waals surface area contributed by atoms with Crippen LogP contribution in [0.15, 0.2) is 77.7 Å². The van der Waals surface area contributed by atoms with E-state index in [-0.39, 0.29) is 41.6 Å². The van der Waals surface area contributed by atoms with Crippen molar-refractivity contribution in [2.75, 3.05) is 13.1 Å². The van der Waals surface area contributed by atoms with E-state index < -0.39 is 39.8 Å². The minimum Gasteiger partial charge on any atom is -0.489 e. The van der Waals surface area contributed by atoms with Crippen molar-refractivity contribution in [1.29, 1.82) is 0 Å². The van der Waals surface area contributed by atoms with Crippen LogP contribution in [0.4, 0.5) is 4.79 Å². The number of hydrogen-bond acceptors (Lipinski definition) is 8. The number of aliphatic hydroxyl groups is 1. The number of amides is 1. The maximum Gasteiger partial charge on any atom is 0.407 e. The Morgan fingerprint density at radius 1 is 0.913 bits per heavy atom. The molecule has 3 aromatic carbocycles. The number of alkyl carbamates (subject to hydrolysis) is 1. The van der Waals surface area contributed by atoms with Crippen LogP contribution >= 0.6 is 0 Å². The third kappa shape index (κ3) is 11.1. The highest BCUT2D eigenvalue weighted by Gasteiger charge is 2.33. The Labute approximate surface area is 272 Å². The summed E-state index contributed by atoms with van der Waals surface area (Å²) in [6.07, 6.45) is -1.86. The van der Waals surface area contributed by atoms with Crippen LogP contribution < -0.4 is 14.8 Å². The van der Waals surface area contributed by atoms with Gasteiger partial charge < -0.3 is 24.6 Å². The molecular formula is C35H46N2O8S. The van der Waals surface area contributed by atoms with Crippen molar-refractivity contribution in [3.8, 4) is 11.5 Å². The van der Waals surface area contributed by atoms with Crippen LogP contribution in [0.5, 0.6) is 11.5 Å². The van der Waals surface area contributed by atoms with Crippen molar-refractivity contribution in [1.82, 2.24) is 9.62 Å². The Morgan fingerprint density at radius 2 is 1.57 bits per heavy atom. The van der Waals surface area contributed by atoms with Crippen molar-refractivity contribution in [3.05, 3.63) is 89.5 Å². The first-order valence-electron chi connectivity index (χ1n) is 15.3. The molecular weight excluding hydrogens is 608 g/mol. The van der Waals surface area contributed by atoms with Gasteiger partial charge in [-0.3, -0.25) is 4.79 Å². The Kier molecular flexibility index (Phi) is 12.8. The van der Waals surface area contributed by atoms with Gasteiger partial charge in [-0.05, 0) is 75.4 Å². The van der Waals surface area contributed by atoms with Crippen molar-refractivity contribution in [2.24, 2.45) is 5.92 Å². The number of esters is 1. The number of rotatable bonds is 14. The number of ether oxygens (including phenoxy) is 3. The maximum absolute atomic E-state index is 14.0. The summed E-state index contributed by atoms with van der Waals surface area (Å²) in [5, 5.41) is 14.3. The predicted molar refractivity (Wildman–Crippen MR) is 176 cm³/mol. The Morgan fingerprint density at radius 3 is 2.15 bits per heavy atom. The first-order chi connectivity index (χ1) is 21.5. The van der Waals surface area contributed by atoms with Crippen LogP contribution in [0.2, 0.25) is 0 Å². The standard InChI is InChI=1S/C35H46N2O8S/c1-24(2)21-37(46(41,42)33-15-11-14-32(25(33)3)44-26(4)38)22-31(39)30(36-34(40)45-35(5,6)7)20-27-16-18-29(19-17-27)43-23-28-12-9-8-10-13-28/h8-19,24,30-31,39H,20-23H2,1-7H3,(H,36,40)/t30-,31+/m0/s1. The quantitative estimate of drug-likeness (QED) is 0.169. The average Bonchev–Trinajstić information content (AvgIpc) is 2.96. The lowest BCUT2D eigenvalue weighted by Gasteiger charge is -2.31. The van der Waals surface area contributed by atoms with Crippen LogP contribution in [-0.2, 0) is 32.6 Å². The second-order valence-corrected chi connectivity index (χ2v) is 14.5. The number of benzene rings is 3. The Balaban J connectivity index is 1.86. The summed E-state index contributed by atoms with van der Waals surface area (Å²) >= 11 is 0. The normalized spacial score (nSPS) is 13.3. The van der Waals surface area contributed by atoms with Gasteiger partial charge in [-0.1, -0.05) is 62.4 Å². The van der Waals surface area contributed by atoms with E-state index in [1.807, 2.05) is 68.4 Å². The van der Waals surface area contributed by atoms with E-state index in [0.717, 1.165) is 11.1 Å². The van der Waals surface area contributed by atoms with Gasteiger partial charge in [0.1, 0.15) is 23.7 Å². The second-order valence-electron chi connectivity index (χ2n) is 12.6. The largest absolute Gasteiger partial charge is 0.489 e. The highest BCUT2D eigenvalue weighted by atomic mass is 32.2. The average molecular weight is 655 g/mol. The molecule has 1 amide bonds. The molecule has 2 N–H and O–H groups in total. The molecule has 250 valence electrons. The molecule has 3 rings (SSSR count). The molecule has 0 unspecified atom stereocenters. The zero-order valence-corrected chi connectivity index (χ0v) is 28.5. The molecule has 0 aliphatic rings. The van der Waals surface area contributed by atoms with Crippen LogP contribution in [0.3, 0.4) is 0 Å². The third-order valence-electron chi connectivity index (χ3n) is 6.86. The molecule has 2 atom stereocenters. The topological polar surface area (TPSA) is 131 Å². The molecule has 0 radical (unpaired) electrons. The molecule has 11 heteroatoms. The summed E-state index contributed by atoms with van der Waals surface area (Å²) in [4.78, 5) is 24.4. The summed E-state index contributed by atoms with van der Waals surface area (Å²) in [5.41, 5.74) is 1.31. The van der Waals surface area contributed by atoms with E-state index in [1.165, 1.54) is 29.4 Å². The van der Waals surface area contributed by atoms with Crippen LogP contribution in [0, 0.1) is 12.8 Å². The Bertz CT molecular complexity index is 1550. The second kappa shape index (κ2) is 16.1. The summed E-state index contributed by atoms with van der Waals surface area (Å²) in [7, 11) is -4.16. The van der Waals surface area contributed by atoms with Gasteiger partial charge >= 0.3 is 12.1 Å². The van der Waals surface area contributed by atoms with E-state index >= 15 is 0 Å². The van der Waals surface area contributed by atoms with Gasteiger partial charge in [0.15, 0.2) is 0 Å². The molecule has 0 aliphatic heterocycles. The Hall–Kier alpha value is -3.93. The molecule has 0 bridgehead atoms. The lowest BCUT2D eigenvalue weighted by atomic mass is 10.0. The molecule has 0 spiro atoms. The van der Waals surface area contributed by atoms with Crippen molar-refractivity contribution < 1.29 is 37.3 Å². The predicted octanol–water partition coefficient (Wildman–Crippen LogP) is 5.64. The van der Waals surface area contributed by atoms with Crippen molar-refractivity contribution in [3.63, 3.8) is 0 Å². The minimum absolute atomic E-state index is 0.0400. The summed E-state index contributed by atoms with van der Waals surface area (Å²) in [6, 6.07) is 20.6. The number of hydrogen-bond donors (Lipinski definition) is 2. The van der Waals surface area contributed by atoms with Gasteiger partial charge in [0.2, 0.25) is 10.0 Å². The van der Waals surface area contributed by atoms with E-state index in [2.05, 4.69) is 5.32 Å². The number of nitrogens with one attached hydrogen (secondary N) is 1. The van der Waals surface area contributed by atoms with Crippen molar-refractivity contribution in [2.45, 2.75) is 84.1 Å². The van der Waals surface area contributed by atoms with E-state index in [4.69, 9.17) is 14.2 Å². The number of sulfonamides is 1. The SMILES string of the molecule is CC(=O)Oc1cccc(S(=O)(=O)N(CC(C)C)C[C@@H](O)[C@H](Cc2ccc(OCc3ccccc3)cc2)NC(=O)OC(C)(C)C)c1C. The van der Waals surface area contributed by atoms with Crippen LogP contribution in [0.1, 0.15) is 58.2 Å².